The number of carbonyl (C=O) groups is 1. The zero-order chi connectivity index (χ0) is 14.4. The molecule has 0 radical (unpaired) electrons. The van der Waals surface area contributed by atoms with Crippen molar-refractivity contribution in [3.63, 3.8) is 0 Å². The molecule has 3 nitrogen and oxygen atoms in total. The average Bonchev–Trinajstić information content (AvgIpc) is 2.97. The Morgan fingerprint density at radius 3 is 2.65 bits per heavy atom. The number of hydrogen-bond acceptors (Lipinski definition) is 3. The Bertz CT molecular complexity index is 303. The van der Waals surface area contributed by atoms with Crippen LogP contribution in [0, 0.1) is 5.92 Å². The summed E-state index contributed by atoms with van der Waals surface area (Å²) >= 11 is 1.81. The summed E-state index contributed by atoms with van der Waals surface area (Å²) in [6, 6.07) is 0.635. The molecule has 0 saturated carbocycles. The van der Waals surface area contributed by atoms with E-state index in [0.717, 1.165) is 24.8 Å². The molecular formula is C16H30N2OS. The number of thioether (sulfide) groups is 1. The van der Waals surface area contributed by atoms with Gasteiger partial charge in [0.25, 0.3) is 0 Å². The second-order valence-corrected chi connectivity index (χ2v) is 7.72. The minimum absolute atomic E-state index is 0.364. The molecular weight excluding hydrogens is 268 g/mol. The maximum Gasteiger partial charge on any atom is 0.232 e. The van der Waals surface area contributed by atoms with Crippen LogP contribution in [0.1, 0.15) is 46.0 Å². The Kier molecular flexibility index (Phi) is 6.69. The van der Waals surface area contributed by atoms with Crippen molar-refractivity contribution in [2.45, 2.75) is 52.0 Å². The third-order valence-corrected chi connectivity index (χ3v) is 5.45. The van der Waals surface area contributed by atoms with E-state index in [1.165, 1.54) is 45.2 Å². The van der Waals surface area contributed by atoms with E-state index >= 15 is 0 Å². The highest BCUT2D eigenvalue weighted by molar-refractivity contribution is 7.99. The number of carbonyl (C=O) groups excluding carboxylic acids is 1. The molecule has 0 spiro atoms. The molecule has 2 fully saturated rings. The highest BCUT2D eigenvalue weighted by atomic mass is 32.2. The van der Waals surface area contributed by atoms with Gasteiger partial charge in [-0.15, -0.1) is 0 Å². The van der Waals surface area contributed by atoms with Gasteiger partial charge in [0.05, 0.1) is 5.75 Å². The van der Waals surface area contributed by atoms with Crippen molar-refractivity contribution in [1.82, 2.24) is 9.80 Å². The van der Waals surface area contributed by atoms with Gasteiger partial charge in [-0.05, 0) is 56.9 Å². The number of rotatable bonds is 6. The van der Waals surface area contributed by atoms with Crippen LogP contribution < -0.4 is 0 Å². The molecule has 0 bridgehead atoms. The molecule has 1 unspecified atom stereocenters. The standard InChI is InChI=1S/C16H30N2OS/c1-14(2)7-11-20-13-16(19)18-10-5-6-15(12-18)17-8-3-4-9-17/h14-15H,3-13H2,1-2H3. The zero-order valence-electron chi connectivity index (χ0n) is 13.1. The van der Waals surface area contributed by atoms with Gasteiger partial charge in [-0.2, -0.15) is 11.8 Å². The molecule has 2 aliphatic heterocycles. The summed E-state index contributed by atoms with van der Waals surface area (Å²) in [5.74, 6) is 2.90. The predicted molar refractivity (Wildman–Crippen MR) is 87.2 cm³/mol. The Morgan fingerprint density at radius 1 is 1.20 bits per heavy atom. The van der Waals surface area contributed by atoms with E-state index in [1.807, 2.05) is 11.8 Å². The molecule has 1 amide bonds. The summed E-state index contributed by atoms with van der Waals surface area (Å²) < 4.78 is 0. The van der Waals surface area contributed by atoms with Crippen LogP contribution in [0.3, 0.4) is 0 Å². The third kappa shape index (κ3) is 4.96. The fraction of sp³-hybridized carbons (Fsp3) is 0.938. The Labute approximate surface area is 128 Å². The van der Waals surface area contributed by atoms with Crippen molar-refractivity contribution in [3.8, 4) is 0 Å². The van der Waals surface area contributed by atoms with Crippen LogP contribution in [0.2, 0.25) is 0 Å². The fourth-order valence-electron chi connectivity index (χ4n) is 3.16. The number of amides is 1. The van der Waals surface area contributed by atoms with Gasteiger partial charge in [0, 0.05) is 19.1 Å². The van der Waals surface area contributed by atoms with E-state index in [2.05, 4.69) is 23.6 Å². The number of hydrogen-bond donors (Lipinski definition) is 0. The number of nitrogens with zero attached hydrogens (tertiary/aromatic N) is 2. The summed E-state index contributed by atoms with van der Waals surface area (Å²) in [7, 11) is 0. The van der Waals surface area contributed by atoms with Gasteiger partial charge < -0.3 is 4.90 Å². The second-order valence-electron chi connectivity index (χ2n) is 6.61. The van der Waals surface area contributed by atoms with Gasteiger partial charge in [-0.3, -0.25) is 9.69 Å². The average molecular weight is 298 g/mol. The van der Waals surface area contributed by atoms with Crippen LogP contribution in [0.25, 0.3) is 0 Å². The molecule has 4 heteroatoms. The lowest BCUT2D eigenvalue weighted by atomic mass is 10.0. The number of piperidine rings is 1. The largest absolute Gasteiger partial charge is 0.340 e. The smallest absolute Gasteiger partial charge is 0.232 e. The molecule has 2 rings (SSSR count). The van der Waals surface area contributed by atoms with Crippen LogP contribution in [0.4, 0.5) is 0 Å². The topological polar surface area (TPSA) is 23.6 Å². The van der Waals surface area contributed by atoms with Crippen LogP contribution in [0.5, 0.6) is 0 Å². The van der Waals surface area contributed by atoms with Crippen LogP contribution in [0.15, 0.2) is 0 Å². The monoisotopic (exact) mass is 298 g/mol. The van der Waals surface area contributed by atoms with E-state index in [9.17, 15) is 4.79 Å². The molecule has 116 valence electrons. The Morgan fingerprint density at radius 2 is 1.95 bits per heavy atom. The molecule has 0 aromatic rings. The van der Waals surface area contributed by atoms with Gasteiger partial charge in [0.15, 0.2) is 0 Å². The SMILES string of the molecule is CC(C)CCSCC(=O)N1CCCC(N2CCCC2)C1. The van der Waals surface area contributed by atoms with Gasteiger partial charge in [0.1, 0.15) is 0 Å². The molecule has 1 atom stereocenters. The van der Waals surface area contributed by atoms with Crippen molar-refractivity contribution in [3.05, 3.63) is 0 Å². The quantitative estimate of drug-likeness (QED) is 0.705. The normalized spacial score (nSPS) is 24.6. The van der Waals surface area contributed by atoms with Crippen LogP contribution in [-0.4, -0.2) is 59.4 Å². The first-order chi connectivity index (χ1) is 9.66. The minimum Gasteiger partial charge on any atom is -0.340 e. The van der Waals surface area contributed by atoms with Crippen molar-refractivity contribution >= 4 is 17.7 Å². The summed E-state index contributed by atoms with van der Waals surface area (Å²) in [6.07, 6.45) is 6.37. The molecule has 0 aromatic carbocycles. The maximum absolute atomic E-state index is 12.3. The maximum atomic E-state index is 12.3. The lowest BCUT2D eigenvalue weighted by Gasteiger charge is -2.37. The van der Waals surface area contributed by atoms with Gasteiger partial charge in [-0.1, -0.05) is 13.8 Å². The molecule has 2 aliphatic rings. The van der Waals surface area contributed by atoms with E-state index in [0.29, 0.717) is 17.7 Å². The Balaban J connectivity index is 1.69. The Hall–Kier alpha value is -0.220. The van der Waals surface area contributed by atoms with Gasteiger partial charge in [-0.25, -0.2) is 0 Å². The van der Waals surface area contributed by atoms with Crippen molar-refractivity contribution in [2.75, 3.05) is 37.7 Å². The van der Waals surface area contributed by atoms with Crippen molar-refractivity contribution in [1.29, 1.82) is 0 Å². The lowest BCUT2D eigenvalue weighted by molar-refractivity contribution is -0.130. The van der Waals surface area contributed by atoms with Gasteiger partial charge in [0.2, 0.25) is 5.91 Å². The summed E-state index contributed by atoms with van der Waals surface area (Å²) in [6.45, 7) is 8.94. The summed E-state index contributed by atoms with van der Waals surface area (Å²) in [4.78, 5) is 17.0. The molecule has 2 heterocycles. The molecule has 20 heavy (non-hydrogen) atoms. The van der Waals surface area contributed by atoms with Crippen LogP contribution >= 0.6 is 11.8 Å². The number of likely N-dealkylation sites (tertiary alicyclic amines) is 2. The molecule has 0 N–H and O–H groups in total. The summed E-state index contributed by atoms with van der Waals surface area (Å²) in [5.41, 5.74) is 0. The summed E-state index contributed by atoms with van der Waals surface area (Å²) in [5, 5.41) is 0. The highest BCUT2D eigenvalue weighted by Gasteiger charge is 2.28. The van der Waals surface area contributed by atoms with Crippen molar-refractivity contribution < 1.29 is 4.79 Å². The van der Waals surface area contributed by atoms with Gasteiger partial charge >= 0.3 is 0 Å². The molecule has 0 aliphatic carbocycles. The van der Waals surface area contributed by atoms with E-state index < -0.39 is 0 Å². The molecule has 2 saturated heterocycles. The highest BCUT2D eigenvalue weighted by Crippen LogP contribution is 2.21. The first-order valence-corrected chi connectivity index (χ1v) is 9.42. The predicted octanol–water partition coefficient (Wildman–Crippen LogP) is 2.85. The zero-order valence-corrected chi connectivity index (χ0v) is 14.0. The molecule has 0 aromatic heterocycles. The minimum atomic E-state index is 0.364. The van der Waals surface area contributed by atoms with E-state index in [-0.39, 0.29) is 0 Å². The van der Waals surface area contributed by atoms with Crippen molar-refractivity contribution in [2.24, 2.45) is 5.92 Å². The first-order valence-electron chi connectivity index (χ1n) is 8.26. The fourth-order valence-corrected chi connectivity index (χ4v) is 4.30. The first kappa shape index (κ1) is 16.2. The lowest BCUT2D eigenvalue weighted by Crippen LogP contribution is -2.49. The van der Waals surface area contributed by atoms with E-state index in [4.69, 9.17) is 0 Å². The third-order valence-electron chi connectivity index (χ3n) is 4.47. The second kappa shape index (κ2) is 8.28. The van der Waals surface area contributed by atoms with E-state index in [1.54, 1.807) is 0 Å². The van der Waals surface area contributed by atoms with Crippen LogP contribution in [-0.2, 0) is 4.79 Å².